The zero-order valence-electron chi connectivity index (χ0n) is 14.5. The first-order valence-corrected chi connectivity index (χ1v) is 8.84. The minimum absolute atomic E-state index is 0.00720. The van der Waals surface area contributed by atoms with Crippen LogP contribution in [-0.4, -0.2) is 51.6 Å². The molecule has 0 aromatic carbocycles. The summed E-state index contributed by atoms with van der Waals surface area (Å²) in [5.74, 6) is -1.04. The number of carbonyl (C=O) groups is 2. The van der Waals surface area contributed by atoms with Crippen molar-refractivity contribution in [2.24, 2.45) is 0 Å². The van der Waals surface area contributed by atoms with E-state index in [1.807, 2.05) is 26.0 Å². The first-order chi connectivity index (χ1) is 11.9. The van der Waals surface area contributed by atoms with Crippen molar-refractivity contribution in [2.75, 3.05) is 13.6 Å². The van der Waals surface area contributed by atoms with Crippen LogP contribution in [-0.2, 0) is 12.8 Å². The van der Waals surface area contributed by atoms with Gasteiger partial charge in [-0.15, -0.1) is 11.3 Å². The third kappa shape index (κ3) is 5.53. The Bertz CT molecular complexity index is 747. The van der Waals surface area contributed by atoms with Gasteiger partial charge in [-0.05, 0) is 31.5 Å². The Morgan fingerprint density at radius 2 is 2.20 bits per heavy atom. The first kappa shape index (κ1) is 18.9. The molecule has 134 valence electrons. The molecule has 0 bridgehead atoms. The lowest BCUT2D eigenvalue weighted by Gasteiger charge is -2.25. The van der Waals surface area contributed by atoms with E-state index in [2.05, 4.69) is 15.3 Å². The van der Waals surface area contributed by atoms with Crippen molar-refractivity contribution in [3.05, 3.63) is 45.7 Å². The zero-order chi connectivity index (χ0) is 18.4. The van der Waals surface area contributed by atoms with Crippen molar-refractivity contribution in [1.29, 1.82) is 0 Å². The lowest BCUT2D eigenvalue weighted by atomic mass is 10.1. The molecule has 0 radical (unpaired) electrons. The van der Waals surface area contributed by atoms with Crippen molar-refractivity contribution in [3.8, 4) is 0 Å². The average molecular weight is 362 g/mol. The minimum Gasteiger partial charge on any atom is -0.476 e. The molecule has 0 spiro atoms. The number of pyridine rings is 1. The Morgan fingerprint density at radius 3 is 2.84 bits per heavy atom. The van der Waals surface area contributed by atoms with Crippen LogP contribution in [0.1, 0.15) is 33.7 Å². The number of aromatic carboxylic acids is 1. The molecular weight excluding hydrogens is 340 g/mol. The predicted molar refractivity (Wildman–Crippen MR) is 96.1 cm³/mol. The molecule has 25 heavy (non-hydrogen) atoms. The quantitative estimate of drug-likeness (QED) is 0.788. The summed E-state index contributed by atoms with van der Waals surface area (Å²) in [5, 5.41) is 13.9. The van der Waals surface area contributed by atoms with E-state index in [1.54, 1.807) is 18.1 Å². The predicted octanol–water partition coefficient (Wildman–Crippen LogP) is 2.36. The van der Waals surface area contributed by atoms with Crippen LogP contribution in [0.5, 0.6) is 0 Å². The van der Waals surface area contributed by atoms with Gasteiger partial charge in [0.1, 0.15) is 0 Å². The van der Waals surface area contributed by atoms with Crippen LogP contribution in [0.4, 0.5) is 4.79 Å². The highest BCUT2D eigenvalue weighted by Gasteiger charge is 2.16. The fourth-order valence-corrected chi connectivity index (χ4v) is 3.05. The summed E-state index contributed by atoms with van der Waals surface area (Å²) < 4.78 is 0. The fourth-order valence-electron chi connectivity index (χ4n) is 2.28. The van der Waals surface area contributed by atoms with Crippen molar-refractivity contribution in [3.63, 3.8) is 0 Å². The number of aryl methyl sites for hydroxylation is 1. The number of carboxylic acid groups (broad SMARTS) is 1. The minimum atomic E-state index is -1.04. The van der Waals surface area contributed by atoms with E-state index >= 15 is 0 Å². The summed E-state index contributed by atoms with van der Waals surface area (Å²) in [6, 6.07) is 3.80. The monoisotopic (exact) mass is 362 g/mol. The van der Waals surface area contributed by atoms with Gasteiger partial charge in [0.15, 0.2) is 5.69 Å². The molecule has 0 aliphatic carbocycles. The van der Waals surface area contributed by atoms with E-state index < -0.39 is 5.97 Å². The van der Waals surface area contributed by atoms with Gasteiger partial charge in [-0.3, -0.25) is 4.98 Å². The highest BCUT2D eigenvalue weighted by atomic mass is 32.1. The summed E-state index contributed by atoms with van der Waals surface area (Å²) in [5.41, 5.74) is 2.15. The lowest BCUT2D eigenvalue weighted by Crippen LogP contribution is -2.43. The number of nitrogens with one attached hydrogen (secondary N) is 1. The van der Waals surface area contributed by atoms with Gasteiger partial charge in [0.2, 0.25) is 0 Å². The Morgan fingerprint density at radius 1 is 1.44 bits per heavy atom. The van der Waals surface area contributed by atoms with Crippen molar-refractivity contribution < 1.29 is 14.7 Å². The number of amides is 2. The molecule has 0 unspecified atom stereocenters. The maximum atomic E-state index is 12.2. The number of carbonyl (C=O) groups excluding carboxylic acids is 1. The van der Waals surface area contributed by atoms with E-state index in [4.69, 9.17) is 5.11 Å². The Balaban J connectivity index is 1.79. The van der Waals surface area contributed by atoms with Gasteiger partial charge in [-0.25, -0.2) is 14.6 Å². The molecule has 2 N–H and O–H groups in total. The number of aromatic nitrogens is 2. The van der Waals surface area contributed by atoms with Crippen LogP contribution in [0, 0.1) is 6.92 Å². The standard InChI is InChI=1S/C17H22N4O3S/c1-11-4-6-18-13(8-11)9-12(2)21(3)17(24)19-7-5-15-20-14(10-25-15)16(22)23/h4,6,8,10,12H,5,7,9H2,1-3H3,(H,19,24)(H,22,23)/t12-/m1/s1. The van der Waals surface area contributed by atoms with E-state index in [1.165, 1.54) is 16.7 Å². The van der Waals surface area contributed by atoms with E-state index in [0.29, 0.717) is 24.4 Å². The first-order valence-electron chi connectivity index (χ1n) is 7.96. The molecular formula is C17H22N4O3S. The van der Waals surface area contributed by atoms with Gasteiger partial charge in [0.05, 0.1) is 5.01 Å². The molecule has 2 aromatic heterocycles. The molecule has 0 aliphatic rings. The number of urea groups is 1. The lowest BCUT2D eigenvalue weighted by molar-refractivity contribution is 0.0691. The molecule has 0 saturated heterocycles. The topological polar surface area (TPSA) is 95.4 Å². The summed E-state index contributed by atoms with van der Waals surface area (Å²) in [6.07, 6.45) is 2.96. The largest absolute Gasteiger partial charge is 0.476 e. The number of rotatable bonds is 7. The molecule has 2 rings (SSSR count). The summed E-state index contributed by atoms with van der Waals surface area (Å²) in [4.78, 5) is 33.0. The Labute approximate surface area is 150 Å². The second-order valence-electron chi connectivity index (χ2n) is 5.90. The molecule has 2 amide bonds. The van der Waals surface area contributed by atoms with Crippen LogP contribution >= 0.6 is 11.3 Å². The van der Waals surface area contributed by atoms with Crippen LogP contribution in [0.2, 0.25) is 0 Å². The van der Waals surface area contributed by atoms with Gasteiger partial charge < -0.3 is 15.3 Å². The molecule has 2 heterocycles. The second-order valence-corrected chi connectivity index (χ2v) is 6.84. The molecule has 2 aromatic rings. The number of hydrogen-bond acceptors (Lipinski definition) is 5. The maximum Gasteiger partial charge on any atom is 0.355 e. The molecule has 8 heteroatoms. The number of nitrogens with zero attached hydrogens (tertiary/aromatic N) is 3. The average Bonchev–Trinajstić information content (AvgIpc) is 3.03. The summed E-state index contributed by atoms with van der Waals surface area (Å²) in [7, 11) is 1.75. The number of carboxylic acids is 1. The SMILES string of the molecule is Cc1ccnc(C[C@@H](C)N(C)C(=O)NCCc2nc(C(=O)O)cs2)c1. The zero-order valence-corrected chi connectivity index (χ0v) is 15.3. The normalized spacial score (nSPS) is 11.8. The number of likely N-dealkylation sites (N-methyl/N-ethyl adjacent to an activating group) is 1. The van der Waals surface area contributed by atoms with E-state index in [0.717, 1.165) is 11.3 Å². The van der Waals surface area contributed by atoms with Gasteiger partial charge in [0.25, 0.3) is 0 Å². The van der Waals surface area contributed by atoms with Crippen molar-refractivity contribution >= 4 is 23.3 Å². The van der Waals surface area contributed by atoms with Crippen LogP contribution < -0.4 is 5.32 Å². The molecule has 1 atom stereocenters. The molecule has 7 nitrogen and oxygen atoms in total. The summed E-state index contributed by atoms with van der Waals surface area (Å²) in [6.45, 7) is 4.40. The van der Waals surface area contributed by atoms with Crippen molar-refractivity contribution in [1.82, 2.24) is 20.2 Å². The van der Waals surface area contributed by atoms with Gasteiger partial charge >= 0.3 is 12.0 Å². The smallest absolute Gasteiger partial charge is 0.355 e. The highest BCUT2D eigenvalue weighted by Crippen LogP contribution is 2.10. The number of hydrogen-bond donors (Lipinski definition) is 2. The van der Waals surface area contributed by atoms with Crippen LogP contribution in [0.3, 0.4) is 0 Å². The van der Waals surface area contributed by atoms with Crippen molar-refractivity contribution in [2.45, 2.75) is 32.7 Å². The number of thiazole rings is 1. The van der Waals surface area contributed by atoms with Gasteiger partial charge in [-0.1, -0.05) is 0 Å². The van der Waals surface area contributed by atoms with Gasteiger partial charge in [-0.2, -0.15) is 0 Å². The van der Waals surface area contributed by atoms with Crippen LogP contribution in [0.25, 0.3) is 0 Å². The second kappa shape index (κ2) is 8.57. The third-order valence-electron chi connectivity index (χ3n) is 3.84. The molecule has 0 fully saturated rings. The van der Waals surface area contributed by atoms with E-state index in [9.17, 15) is 9.59 Å². The third-order valence-corrected chi connectivity index (χ3v) is 4.75. The van der Waals surface area contributed by atoms with E-state index in [-0.39, 0.29) is 17.8 Å². The maximum absolute atomic E-state index is 12.2. The summed E-state index contributed by atoms with van der Waals surface area (Å²) >= 11 is 1.28. The molecule has 0 aliphatic heterocycles. The molecule has 0 saturated carbocycles. The fraction of sp³-hybridized carbons (Fsp3) is 0.412. The van der Waals surface area contributed by atoms with Gasteiger partial charge in [0, 0.05) is 49.7 Å². The highest BCUT2D eigenvalue weighted by molar-refractivity contribution is 7.09. The Hall–Kier alpha value is -2.48. The van der Waals surface area contributed by atoms with Crippen LogP contribution in [0.15, 0.2) is 23.7 Å². The Kier molecular flexibility index (Phi) is 6.46.